The van der Waals surface area contributed by atoms with Gasteiger partial charge < -0.3 is 15.2 Å². The SMILES string of the molecule is CCc1ccc(OCC(O)CN2C(=O)NC(C)(c3ccc4ccccc4c3)C2=O)cc1. The summed E-state index contributed by atoms with van der Waals surface area (Å²) in [6.07, 6.45) is -0.0649. The number of aliphatic hydroxyl groups is 1. The number of hydrogen-bond donors (Lipinski definition) is 2. The van der Waals surface area contributed by atoms with E-state index in [4.69, 9.17) is 4.74 Å². The number of ether oxygens (including phenoxy) is 1. The molecule has 4 rings (SSSR count). The molecule has 3 aromatic carbocycles. The number of carbonyl (C=O) groups excluding carboxylic acids is 2. The van der Waals surface area contributed by atoms with Crippen molar-refractivity contribution in [2.45, 2.75) is 31.9 Å². The Morgan fingerprint density at radius 2 is 1.74 bits per heavy atom. The molecule has 0 spiro atoms. The van der Waals surface area contributed by atoms with Crippen molar-refractivity contribution in [1.29, 1.82) is 0 Å². The molecule has 0 radical (unpaired) electrons. The first-order valence-electron chi connectivity index (χ1n) is 10.4. The number of hydrogen-bond acceptors (Lipinski definition) is 4. The van der Waals surface area contributed by atoms with E-state index < -0.39 is 17.7 Å². The topological polar surface area (TPSA) is 78.9 Å². The summed E-state index contributed by atoms with van der Waals surface area (Å²) in [7, 11) is 0. The lowest BCUT2D eigenvalue weighted by atomic mass is 9.90. The molecule has 0 aliphatic carbocycles. The van der Waals surface area contributed by atoms with Crippen molar-refractivity contribution in [2.24, 2.45) is 0 Å². The number of urea groups is 1. The van der Waals surface area contributed by atoms with E-state index in [2.05, 4.69) is 12.2 Å². The van der Waals surface area contributed by atoms with Gasteiger partial charge in [0.25, 0.3) is 5.91 Å². The minimum Gasteiger partial charge on any atom is -0.491 e. The Morgan fingerprint density at radius 3 is 2.45 bits per heavy atom. The summed E-state index contributed by atoms with van der Waals surface area (Å²) in [4.78, 5) is 26.8. The molecule has 1 saturated heterocycles. The van der Waals surface area contributed by atoms with Gasteiger partial charge in [0.15, 0.2) is 0 Å². The number of nitrogens with one attached hydrogen (secondary N) is 1. The van der Waals surface area contributed by atoms with Crippen LogP contribution in [0.15, 0.2) is 66.7 Å². The molecular formula is C25H26N2O4. The molecule has 160 valence electrons. The zero-order chi connectivity index (χ0) is 22.0. The summed E-state index contributed by atoms with van der Waals surface area (Å²) in [5.41, 5.74) is 0.714. The smallest absolute Gasteiger partial charge is 0.325 e. The van der Waals surface area contributed by atoms with Gasteiger partial charge in [0.05, 0.1) is 6.54 Å². The van der Waals surface area contributed by atoms with Gasteiger partial charge in [-0.05, 0) is 53.4 Å². The second-order valence-electron chi connectivity index (χ2n) is 8.00. The highest BCUT2D eigenvalue weighted by Gasteiger charge is 2.49. The first-order valence-corrected chi connectivity index (χ1v) is 10.4. The van der Waals surface area contributed by atoms with E-state index in [9.17, 15) is 14.7 Å². The molecule has 3 aromatic rings. The van der Waals surface area contributed by atoms with Crippen LogP contribution in [0.25, 0.3) is 10.8 Å². The maximum absolute atomic E-state index is 13.1. The zero-order valence-corrected chi connectivity index (χ0v) is 17.7. The number of benzene rings is 3. The van der Waals surface area contributed by atoms with Crippen LogP contribution in [-0.2, 0) is 16.8 Å². The van der Waals surface area contributed by atoms with Gasteiger partial charge in [0.2, 0.25) is 0 Å². The van der Waals surface area contributed by atoms with Crippen molar-refractivity contribution >= 4 is 22.7 Å². The predicted molar refractivity (Wildman–Crippen MR) is 119 cm³/mol. The third-order valence-corrected chi connectivity index (χ3v) is 5.77. The summed E-state index contributed by atoms with van der Waals surface area (Å²) in [6.45, 7) is 3.61. The van der Waals surface area contributed by atoms with Crippen LogP contribution in [-0.4, -0.2) is 41.2 Å². The van der Waals surface area contributed by atoms with Crippen molar-refractivity contribution in [3.63, 3.8) is 0 Å². The lowest BCUT2D eigenvalue weighted by molar-refractivity contribution is -0.132. The van der Waals surface area contributed by atoms with Crippen LogP contribution in [0, 0.1) is 0 Å². The molecule has 1 heterocycles. The third-order valence-electron chi connectivity index (χ3n) is 5.77. The van der Waals surface area contributed by atoms with E-state index in [0.717, 1.165) is 22.1 Å². The van der Waals surface area contributed by atoms with Crippen molar-refractivity contribution in [2.75, 3.05) is 13.2 Å². The van der Waals surface area contributed by atoms with Gasteiger partial charge in [0, 0.05) is 0 Å². The summed E-state index contributed by atoms with van der Waals surface area (Å²) in [6, 6.07) is 20.6. The lowest BCUT2D eigenvalue weighted by Gasteiger charge is -2.23. The fourth-order valence-corrected chi connectivity index (χ4v) is 3.84. The van der Waals surface area contributed by atoms with Crippen molar-refractivity contribution in [3.8, 4) is 5.75 Å². The first-order chi connectivity index (χ1) is 14.9. The van der Waals surface area contributed by atoms with Crippen LogP contribution < -0.4 is 10.1 Å². The van der Waals surface area contributed by atoms with E-state index in [0.29, 0.717) is 11.3 Å². The highest BCUT2D eigenvalue weighted by molar-refractivity contribution is 6.07. The van der Waals surface area contributed by atoms with Gasteiger partial charge in [-0.3, -0.25) is 9.69 Å². The minimum atomic E-state index is -1.18. The van der Waals surface area contributed by atoms with Gasteiger partial charge in [-0.25, -0.2) is 4.79 Å². The Morgan fingerprint density at radius 1 is 1.03 bits per heavy atom. The Kier molecular flexibility index (Phi) is 5.65. The van der Waals surface area contributed by atoms with E-state index in [1.807, 2.05) is 66.7 Å². The number of aryl methyl sites for hydroxylation is 1. The molecule has 2 unspecified atom stereocenters. The van der Waals surface area contributed by atoms with Crippen LogP contribution in [0.2, 0.25) is 0 Å². The number of imide groups is 1. The monoisotopic (exact) mass is 418 g/mol. The van der Waals surface area contributed by atoms with Gasteiger partial charge in [0.1, 0.15) is 24.0 Å². The molecule has 1 aliphatic rings. The van der Waals surface area contributed by atoms with Gasteiger partial charge in [-0.1, -0.05) is 55.5 Å². The molecule has 3 amide bonds. The molecule has 0 aromatic heterocycles. The summed E-state index contributed by atoms with van der Waals surface area (Å²) >= 11 is 0. The second kappa shape index (κ2) is 8.40. The first kappa shape index (κ1) is 20.9. The van der Waals surface area contributed by atoms with E-state index in [1.54, 1.807) is 6.92 Å². The highest BCUT2D eigenvalue weighted by Crippen LogP contribution is 2.31. The zero-order valence-electron chi connectivity index (χ0n) is 17.7. The second-order valence-corrected chi connectivity index (χ2v) is 8.00. The molecule has 0 bridgehead atoms. The van der Waals surface area contributed by atoms with Crippen LogP contribution >= 0.6 is 0 Å². The van der Waals surface area contributed by atoms with Gasteiger partial charge in [-0.2, -0.15) is 0 Å². The number of rotatable bonds is 7. The number of carbonyl (C=O) groups is 2. The molecule has 6 heteroatoms. The van der Waals surface area contributed by atoms with Crippen LogP contribution in [0.4, 0.5) is 4.79 Å². The summed E-state index contributed by atoms with van der Waals surface area (Å²) < 4.78 is 5.61. The van der Waals surface area contributed by atoms with E-state index in [1.165, 1.54) is 5.56 Å². The fraction of sp³-hybridized carbons (Fsp3) is 0.280. The largest absolute Gasteiger partial charge is 0.491 e. The van der Waals surface area contributed by atoms with E-state index >= 15 is 0 Å². The van der Waals surface area contributed by atoms with Crippen LogP contribution in [0.3, 0.4) is 0 Å². The van der Waals surface area contributed by atoms with E-state index in [-0.39, 0.29) is 19.1 Å². The quantitative estimate of drug-likeness (QED) is 0.575. The highest BCUT2D eigenvalue weighted by atomic mass is 16.5. The molecule has 6 nitrogen and oxygen atoms in total. The average Bonchev–Trinajstić information content (AvgIpc) is 3.01. The Labute approximate surface area is 181 Å². The average molecular weight is 418 g/mol. The Hall–Kier alpha value is -3.38. The van der Waals surface area contributed by atoms with Gasteiger partial charge >= 0.3 is 6.03 Å². The molecule has 1 aliphatic heterocycles. The number of β-amino-alcohol motifs (C(OH)–C–C–N with tert-alkyl or cyclic N) is 1. The standard InChI is InChI=1S/C25H26N2O4/c1-3-17-8-12-22(13-9-17)31-16-21(28)15-27-23(29)25(2,26-24(27)30)20-11-10-18-6-4-5-7-19(18)14-20/h4-14,21,28H,3,15-16H2,1-2H3,(H,26,30). The predicted octanol–water partition coefficient (Wildman–Crippen LogP) is 3.61. The molecule has 2 N–H and O–H groups in total. The van der Waals surface area contributed by atoms with Crippen molar-refractivity contribution in [3.05, 3.63) is 77.9 Å². The lowest BCUT2D eigenvalue weighted by Crippen LogP contribution is -2.42. The molecule has 0 saturated carbocycles. The summed E-state index contributed by atoms with van der Waals surface area (Å²) in [5, 5.41) is 15.2. The van der Waals surface area contributed by atoms with Crippen LogP contribution in [0.1, 0.15) is 25.0 Å². The van der Waals surface area contributed by atoms with Gasteiger partial charge in [-0.15, -0.1) is 0 Å². The molecule has 31 heavy (non-hydrogen) atoms. The maximum Gasteiger partial charge on any atom is 0.325 e. The Balaban J connectivity index is 1.44. The molecular weight excluding hydrogens is 392 g/mol. The van der Waals surface area contributed by atoms with Crippen molar-refractivity contribution < 1.29 is 19.4 Å². The number of amides is 3. The maximum atomic E-state index is 13.1. The fourth-order valence-electron chi connectivity index (χ4n) is 3.84. The minimum absolute atomic E-state index is 0.0186. The summed E-state index contributed by atoms with van der Waals surface area (Å²) in [5.74, 6) is 0.244. The number of fused-ring (bicyclic) bond motifs is 1. The Bertz CT molecular complexity index is 1110. The third kappa shape index (κ3) is 4.11. The normalized spacial score (nSPS) is 19.5. The van der Waals surface area contributed by atoms with Crippen molar-refractivity contribution in [1.82, 2.24) is 10.2 Å². The molecule has 1 fully saturated rings. The number of nitrogens with zero attached hydrogens (tertiary/aromatic N) is 1. The molecule has 2 atom stereocenters. The van der Waals surface area contributed by atoms with Crippen LogP contribution in [0.5, 0.6) is 5.75 Å². The number of aliphatic hydroxyl groups excluding tert-OH is 1.